The molecule has 1 amide bonds. The Morgan fingerprint density at radius 3 is 2.46 bits per heavy atom. The van der Waals surface area contributed by atoms with Gasteiger partial charge in [-0.2, -0.15) is 8.78 Å². The number of hydrogen-bond acceptors (Lipinski definition) is 4. The molecule has 0 unspecified atom stereocenters. The van der Waals surface area contributed by atoms with Crippen molar-refractivity contribution in [3.63, 3.8) is 0 Å². The lowest BCUT2D eigenvalue weighted by atomic mass is 10.0. The van der Waals surface area contributed by atoms with Crippen molar-refractivity contribution in [1.82, 2.24) is 14.9 Å². The molecule has 0 saturated carbocycles. The lowest BCUT2D eigenvalue weighted by molar-refractivity contribution is -0.119. The normalized spacial score (nSPS) is 12.3. The number of benzene rings is 2. The Hall–Kier alpha value is -2.74. The highest BCUT2D eigenvalue weighted by molar-refractivity contribution is 7.99. The molecule has 146 valence electrons. The summed E-state index contributed by atoms with van der Waals surface area (Å²) in [5.74, 6) is -0.320. The maximum Gasteiger partial charge on any atom is 0.321 e. The van der Waals surface area contributed by atoms with Crippen molar-refractivity contribution in [2.75, 3.05) is 5.75 Å². The first-order valence-corrected chi connectivity index (χ1v) is 9.63. The number of fused-ring (bicyclic) bond motifs is 1. The molecule has 1 N–H and O–H groups in total. The van der Waals surface area contributed by atoms with Crippen molar-refractivity contribution in [3.05, 3.63) is 59.7 Å². The minimum Gasteiger partial charge on any atom is -0.350 e. The number of carbonyl (C=O) groups is 2. The first-order chi connectivity index (χ1) is 13.4. The number of imidazole rings is 1. The van der Waals surface area contributed by atoms with Gasteiger partial charge in [0.1, 0.15) is 0 Å². The van der Waals surface area contributed by atoms with Gasteiger partial charge in [-0.05, 0) is 24.6 Å². The SMILES string of the molecule is CC(=O)N[C@@H](C)c1ccc(C(=O)CSc2nc3ccccc3n2C(F)F)cc1. The fourth-order valence-electron chi connectivity index (χ4n) is 2.87. The molecule has 1 heterocycles. The number of nitrogens with one attached hydrogen (secondary N) is 1. The van der Waals surface area contributed by atoms with E-state index >= 15 is 0 Å². The van der Waals surface area contributed by atoms with E-state index in [1.807, 2.05) is 6.92 Å². The van der Waals surface area contributed by atoms with Crippen molar-refractivity contribution in [2.45, 2.75) is 31.6 Å². The van der Waals surface area contributed by atoms with Gasteiger partial charge >= 0.3 is 6.55 Å². The van der Waals surface area contributed by atoms with Gasteiger partial charge in [0.15, 0.2) is 10.9 Å². The number of amides is 1. The van der Waals surface area contributed by atoms with E-state index in [9.17, 15) is 18.4 Å². The van der Waals surface area contributed by atoms with Crippen LogP contribution < -0.4 is 5.32 Å². The zero-order valence-corrected chi connectivity index (χ0v) is 16.2. The molecule has 5 nitrogen and oxygen atoms in total. The number of Topliss-reactive ketones (excluding diaryl/α,β-unsaturated/α-hetero) is 1. The third-order valence-corrected chi connectivity index (χ3v) is 5.20. The number of halogens is 2. The number of nitrogens with zero attached hydrogens (tertiary/aromatic N) is 2. The van der Waals surface area contributed by atoms with Gasteiger partial charge in [-0.3, -0.25) is 14.2 Å². The number of aromatic nitrogens is 2. The highest BCUT2D eigenvalue weighted by atomic mass is 32.2. The van der Waals surface area contributed by atoms with Crippen LogP contribution in [-0.2, 0) is 4.79 Å². The number of para-hydroxylation sites is 2. The molecule has 0 aliphatic rings. The molecule has 3 aromatic rings. The van der Waals surface area contributed by atoms with Crippen LogP contribution in [0.15, 0.2) is 53.7 Å². The molecular weight excluding hydrogens is 384 g/mol. The van der Waals surface area contributed by atoms with Crippen molar-refractivity contribution in [3.8, 4) is 0 Å². The molecule has 0 saturated heterocycles. The smallest absolute Gasteiger partial charge is 0.321 e. The van der Waals surface area contributed by atoms with Gasteiger partial charge in [0.05, 0.1) is 22.8 Å². The Balaban J connectivity index is 1.71. The van der Waals surface area contributed by atoms with E-state index in [1.54, 1.807) is 48.5 Å². The summed E-state index contributed by atoms with van der Waals surface area (Å²) in [7, 11) is 0. The minimum atomic E-state index is -2.74. The summed E-state index contributed by atoms with van der Waals surface area (Å²) in [6.07, 6.45) is 0. The molecule has 0 fully saturated rings. The number of hydrogen-bond donors (Lipinski definition) is 1. The van der Waals surface area contributed by atoms with Gasteiger partial charge in [0.25, 0.3) is 0 Å². The Labute approximate surface area is 165 Å². The second-order valence-electron chi connectivity index (χ2n) is 6.29. The molecular formula is C20H19F2N3O2S. The third kappa shape index (κ3) is 4.39. The monoisotopic (exact) mass is 403 g/mol. The molecule has 0 radical (unpaired) electrons. The average molecular weight is 403 g/mol. The number of rotatable bonds is 7. The number of ketones is 1. The van der Waals surface area contributed by atoms with Crippen LogP contribution in [0.5, 0.6) is 0 Å². The molecule has 0 aliphatic carbocycles. The number of carbonyl (C=O) groups excluding carboxylic acids is 2. The average Bonchev–Trinajstić information content (AvgIpc) is 3.04. The highest BCUT2D eigenvalue weighted by Gasteiger charge is 2.19. The van der Waals surface area contributed by atoms with Crippen molar-refractivity contribution >= 4 is 34.5 Å². The second kappa shape index (κ2) is 8.52. The van der Waals surface area contributed by atoms with Crippen molar-refractivity contribution in [2.24, 2.45) is 0 Å². The lowest BCUT2D eigenvalue weighted by Gasteiger charge is -2.13. The Morgan fingerprint density at radius 2 is 1.82 bits per heavy atom. The third-order valence-electron chi connectivity index (χ3n) is 4.24. The molecule has 0 spiro atoms. The quantitative estimate of drug-likeness (QED) is 0.462. The van der Waals surface area contributed by atoms with Gasteiger partial charge in [-0.1, -0.05) is 48.2 Å². The largest absolute Gasteiger partial charge is 0.350 e. The summed E-state index contributed by atoms with van der Waals surface area (Å²) in [5.41, 5.74) is 2.16. The molecule has 0 bridgehead atoms. The first-order valence-electron chi connectivity index (χ1n) is 8.65. The molecule has 3 rings (SSSR count). The van der Waals surface area contributed by atoms with Crippen molar-refractivity contribution in [1.29, 1.82) is 0 Å². The van der Waals surface area contributed by atoms with Crippen LogP contribution in [-0.4, -0.2) is 27.0 Å². The summed E-state index contributed by atoms with van der Waals surface area (Å²) in [6, 6.07) is 13.4. The van der Waals surface area contributed by atoms with E-state index in [2.05, 4.69) is 10.3 Å². The Kier molecular flexibility index (Phi) is 6.08. The van der Waals surface area contributed by atoms with E-state index in [4.69, 9.17) is 0 Å². The van der Waals surface area contributed by atoms with Crippen LogP contribution in [0.1, 0.15) is 42.4 Å². The van der Waals surface area contributed by atoms with E-state index in [0.29, 0.717) is 16.6 Å². The fraction of sp³-hybridized carbons (Fsp3) is 0.250. The van der Waals surface area contributed by atoms with E-state index in [1.165, 1.54) is 6.92 Å². The minimum absolute atomic E-state index is 0.00334. The van der Waals surface area contributed by atoms with Crippen LogP contribution in [0.25, 0.3) is 11.0 Å². The Bertz CT molecular complexity index is 1000. The standard InChI is InChI=1S/C20H19F2N3O2S/c1-12(23-13(2)26)14-7-9-15(10-8-14)18(27)11-28-20-24-16-5-3-4-6-17(16)25(20)19(21)22/h3-10,12,19H,11H2,1-2H3,(H,23,26)/t12-/m0/s1. The topological polar surface area (TPSA) is 64.0 Å². The predicted octanol–water partition coefficient (Wildman–Crippen LogP) is 4.60. The van der Waals surface area contributed by atoms with E-state index in [-0.39, 0.29) is 28.6 Å². The Morgan fingerprint density at radius 1 is 1.14 bits per heavy atom. The van der Waals surface area contributed by atoms with Crippen LogP contribution in [0, 0.1) is 0 Å². The molecule has 8 heteroatoms. The molecule has 2 aromatic carbocycles. The number of thioether (sulfide) groups is 1. The first kappa shape index (κ1) is 20.0. The molecule has 1 aromatic heterocycles. The van der Waals surface area contributed by atoms with E-state index < -0.39 is 6.55 Å². The van der Waals surface area contributed by atoms with Gasteiger partial charge in [0, 0.05) is 12.5 Å². The lowest BCUT2D eigenvalue weighted by Crippen LogP contribution is -2.23. The van der Waals surface area contributed by atoms with Crippen LogP contribution in [0.3, 0.4) is 0 Å². The fourth-order valence-corrected chi connectivity index (χ4v) is 3.78. The van der Waals surface area contributed by atoms with Gasteiger partial charge in [0.2, 0.25) is 5.91 Å². The number of alkyl halides is 2. The van der Waals surface area contributed by atoms with Gasteiger partial charge in [-0.15, -0.1) is 0 Å². The van der Waals surface area contributed by atoms with Crippen LogP contribution in [0.2, 0.25) is 0 Å². The predicted molar refractivity (Wildman–Crippen MR) is 105 cm³/mol. The molecule has 0 aliphatic heterocycles. The summed E-state index contributed by atoms with van der Waals surface area (Å²) in [6.45, 7) is 0.556. The summed E-state index contributed by atoms with van der Waals surface area (Å²) in [5, 5.41) is 2.89. The van der Waals surface area contributed by atoms with Crippen LogP contribution in [0.4, 0.5) is 8.78 Å². The van der Waals surface area contributed by atoms with E-state index in [0.717, 1.165) is 21.9 Å². The zero-order valence-electron chi connectivity index (χ0n) is 15.4. The van der Waals surface area contributed by atoms with Crippen molar-refractivity contribution < 1.29 is 18.4 Å². The maximum absolute atomic E-state index is 13.4. The second-order valence-corrected chi connectivity index (χ2v) is 7.23. The summed E-state index contributed by atoms with van der Waals surface area (Å²) in [4.78, 5) is 27.8. The van der Waals surface area contributed by atoms with Gasteiger partial charge in [-0.25, -0.2) is 4.98 Å². The zero-order chi connectivity index (χ0) is 20.3. The maximum atomic E-state index is 13.4. The molecule has 28 heavy (non-hydrogen) atoms. The summed E-state index contributed by atoms with van der Waals surface area (Å²) >= 11 is 0.988. The molecule has 1 atom stereocenters. The van der Waals surface area contributed by atoms with Crippen LogP contribution >= 0.6 is 11.8 Å². The summed E-state index contributed by atoms with van der Waals surface area (Å²) < 4.78 is 27.7. The highest BCUT2D eigenvalue weighted by Crippen LogP contribution is 2.29. The van der Waals surface area contributed by atoms with Gasteiger partial charge < -0.3 is 5.32 Å².